The molecule has 0 fully saturated rings. The molecule has 1 N–H and O–H groups in total. The van der Waals surface area contributed by atoms with Gasteiger partial charge in [0.2, 0.25) is 0 Å². The van der Waals surface area contributed by atoms with Crippen LogP contribution in [0.3, 0.4) is 0 Å². The van der Waals surface area contributed by atoms with E-state index in [1.165, 1.54) is 12.3 Å². The highest BCUT2D eigenvalue weighted by Crippen LogP contribution is 2.24. The molecule has 0 spiro atoms. The van der Waals surface area contributed by atoms with E-state index < -0.39 is 0 Å². The molecule has 1 unspecified atom stereocenters. The summed E-state index contributed by atoms with van der Waals surface area (Å²) >= 11 is 0. The molecule has 0 amide bonds. The predicted octanol–water partition coefficient (Wildman–Crippen LogP) is 3.47. The third-order valence-electron chi connectivity index (χ3n) is 3.23. The Bertz CT molecular complexity index is 376. The van der Waals surface area contributed by atoms with Crippen LogP contribution in [0.15, 0.2) is 18.3 Å². The number of methoxy groups -OCH3 is 1. The molecule has 19 heavy (non-hydrogen) atoms. The Morgan fingerprint density at radius 1 is 1.37 bits per heavy atom. The van der Waals surface area contributed by atoms with Gasteiger partial charge in [-0.05, 0) is 38.8 Å². The minimum Gasteiger partial charge on any atom is -0.379 e. The Morgan fingerprint density at radius 3 is 2.53 bits per heavy atom. The van der Waals surface area contributed by atoms with Crippen LogP contribution in [-0.4, -0.2) is 23.7 Å². The molecule has 0 radical (unpaired) electrons. The molecule has 1 rings (SSSR count). The summed E-state index contributed by atoms with van der Waals surface area (Å²) in [5.41, 5.74) is 0.721. The van der Waals surface area contributed by atoms with Crippen molar-refractivity contribution < 1.29 is 9.13 Å². The number of hydrogen-bond acceptors (Lipinski definition) is 3. The lowest BCUT2D eigenvalue weighted by molar-refractivity contribution is 0.0114. The summed E-state index contributed by atoms with van der Waals surface area (Å²) in [6, 6.07) is 3.67. The van der Waals surface area contributed by atoms with Crippen LogP contribution in [0, 0.1) is 5.82 Å². The van der Waals surface area contributed by atoms with Gasteiger partial charge >= 0.3 is 0 Å². The molecular formula is C15H25FN2O. The topological polar surface area (TPSA) is 34.1 Å². The van der Waals surface area contributed by atoms with E-state index in [2.05, 4.69) is 38.0 Å². The largest absolute Gasteiger partial charge is 0.379 e. The Kier molecular flexibility index (Phi) is 5.88. The first-order valence-electron chi connectivity index (χ1n) is 6.77. The van der Waals surface area contributed by atoms with Gasteiger partial charge in [0.25, 0.3) is 0 Å². The summed E-state index contributed by atoms with van der Waals surface area (Å²) in [5.74, 6) is -0.302. The predicted molar refractivity (Wildman–Crippen MR) is 75.5 cm³/mol. The van der Waals surface area contributed by atoms with Gasteiger partial charge in [0, 0.05) is 19.2 Å². The van der Waals surface area contributed by atoms with Crippen molar-refractivity contribution >= 4 is 0 Å². The van der Waals surface area contributed by atoms with E-state index >= 15 is 0 Å². The van der Waals surface area contributed by atoms with Gasteiger partial charge < -0.3 is 10.1 Å². The van der Waals surface area contributed by atoms with Crippen molar-refractivity contribution in [3.8, 4) is 0 Å². The number of rotatable bonds is 7. The quantitative estimate of drug-likeness (QED) is 0.822. The molecule has 0 aliphatic rings. The second-order valence-corrected chi connectivity index (χ2v) is 5.78. The molecule has 4 heteroatoms. The van der Waals surface area contributed by atoms with Crippen LogP contribution in [0.5, 0.6) is 0 Å². The van der Waals surface area contributed by atoms with E-state index in [0.29, 0.717) is 6.04 Å². The Balaban J connectivity index is 2.74. The standard InChI is InChI=1S/C15H25FN2O/c1-11(2)18-14(8-9-15(3,4)19-5)13-7-6-12(16)10-17-13/h6-7,10-11,14,18H,8-9H2,1-5H3. The third kappa shape index (κ3) is 5.66. The van der Waals surface area contributed by atoms with Crippen LogP contribution >= 0.6 is 0 Å². The Hall–Kier alpha value is -1.00. The molecule has 0 bridgehead atoms. The average molecular weight is 268 g/mol. The van der Waals surface area contributed by atoms with E-state index in [9.17, 15) is 4.39 Å². The molecule has 0 saturated carbocycles. The molecule has 0 saturated heterocycles. The summed E-state index contributed by atoms with van der Waals surface area (Å²) in [6.45, 7) is 8.32. The number of aromatic nitrogens is 1. The van der Waals surface area contributed by atoms with Crippen LogP contribution < -0.4 is 5.32 Å². The Labute approximate surface area is 115 Å². The highest BCUT2D eigenvalue weighted by Gasteiger charge is 2.21. The third-order valence-corrected chi connectivity index (χ3v) is 3.23. The molecule has 1 aromatic rings. The summed E-state index contributed by atoms with van der Waals surface area (Å²) in [6.07, 6.45) is 3.08. The maximum atomic E-state index is 12.9. The number of pyridine rings is 1. The number of halogens is 1. The first-order valence-corrected chi connectivity index (χ1v) is 6.77. The maximum absolute atomic E-state index is 12.9. The molecule has 1 atom stereocenters. The second-order valence-electron chi connectivity index (χ2n) is 5.78. The van der Waals surface area contributed by atoms with Gasteiger partial charge in [-0.15, -0.1) is 0 Å². The minimum atomic E-state index is -0.302. The zero-order valence-electron chi connectivity index (χ0n) is 12.5. The zero-order valence-corrected chi connectivity index (χ0v) is 12.5. The van der Waals surface area contributed by atoms with Crippen LogP contribution in [0.2, 0.25) is 0 Å². The molecule has 1 aromatic heterocycles. The van der Waals surface area contributed by atoms with Gasteiger partial charge in [-0.25, -0.2) is 4.39 Å². The number of ether oxygens (including phenoxy) is 1. The lowest BCUT2D eigenvalue weighted by Crippen LogP contribution is -2.31. The molecule has 3 nitrogen and oxygen atoms in total. The van der Waals surface area contributed by atoms with Crippen LogP contribution in [-0.2, 0) is 4.74 Å². The van der Waals surface area contributed by atoms with Crippen molar-refractivity contribution in [3.63, 3.8) is 0 Å². The van der Waals surface area contributed by atoms with Gasteiger partial charge in [-0.1, -0.05) is 13.8 Å². The average Bonchev–Trinajstić information content (AvgIpc) is 2.35. The molecule has 0 aliphatic heterocycles. The second kappa shape index (κ2) is 6.96. The first kappa shape index (κ1) is 16.1. The number of nitrogens with one attached hydrogen (secondary N) is 1. The van der Waals surface area contributed by atoms with Crippen LogP contribution in [0.25, 0.3) is 0 Å². The highest BCUT2D eigenvalue weighted by atomic mass is 19.1. The fourth-order valence-electron chi connectivity index (χ4n) is 1.91. The molecule has 0 aromatic carbocycles. The summed E-state index contributed by atoms with van der Waals surface area (Å²) in [7, 11) is 1.72. The zero-order chi connectivity index (χ0) is 14.5. The molecular weight excluding hydrogens is 243 g/mol. The SMILES string of the molecule is COC(C)(C)CCC(NC(C)C)c1ccc(F)cn1. The van der Waals surface area contributed by atoms with Gasteiger partial charge in [0.05, 0.1) is 17.5 Å². The highest BCUT2D eigenvalue weighted by molar-refractivity contribution is 5.10. The van der Waals surface area contributed by atoms with Gasteiger partial charge in [-0.2, -0.15) is 0 Å². The molecule has 0 aliphatic carbocycles. The lowest BCUT2D eigenvalue weighted by atomic mass is 9.96. The normalized spacial score (nSPS) is 13.8. The Morgan fingerprint density at radius 2 is 2.05 bits per heavy atom. The summed E-state index contributed by atoms with van der Waals surface area (Å²) in [5, 5.41) is 3.47. The van der Waals surface area contributed by atoms with Crippen LogP contribution in [0.4, 0.5) is 4.39 Å². The van der Waals surface area contributed by atoms with Gasteiger partial charge in [-0.3, -0.25) is 4.98 Å². The fraction of sp³-hybridized carbons (Fsp3) is 0.667. The minimum absolute atomic E-state index is 0.120. The van der Waals surface area contributed by atoms with Gasteiger partial charge in [0.15, 0.2) is 0 Å². The van der Waals surface area contributed by atoms with E-state index in [1.54, 1.807) is 13.2 Å². The summed E-state index contributed by atoms with van der Waals surface area (Å²) < 4.78 is 18.4. The fourth-order valence-corrected chi connectivity index (χ4v) is 1.91. The number of nitrogens with zero attached hydrogens (tertiary/aromatic N) is 1. The van der Waals surface area contributed by atoms with Crippen LogP contribution in [0.1, 0.15) is 52.3 Å². The monoisotopic (exact) mass is 268 g/mol. The van der Waals surface area contributed by atoms with Crippen molar-refractivity contribution in [1.82, 2.24) is 10.3 Å². The van der Waals surface area contributed by atoms with Crippen molar-refractivity contribution in [2.45, 2.75) is 58.2 Å². The van der Waals surface area contributed by atoms with E-state index in [0.717, 1.165) is 18.5 Å². The lowest BCUT2D eigenvalue weighted by Gasteiger charge is -2.27. The first-order chi connectivity index (χ1) is 8.84. The van der Waals surface area contributed by atoms with Gasteiger partial charge in [0.1, 0.15) is 5.82 Å². The summed E-state index contributed by atoms with van der Waals surface area (Å²) in [4.78, 5) is 4.18. The molecule has 108 valence electrons. The van der Waals surface area contributed by atoms with E-state index in [-0.39, 0.29) is 17.5 Å². The molecule has 1 heterocycles. The maximum Gasteiger partial charge on any atom is 0.141 e. The smallest absolute Gasteiger partial charge is 0.141 e. The van der Waals surface area contributed by atoms with Crippen molar-refractivity contribution in [1.29, 1.82) is 0 Å². The van der Waals surface area contributed by atoms with E-state index in [1.807, 2.05) is 0 Å². The van der Waals surface area contributed by atoms with Crippen molar-refractivity contribution in [3.05, 3.63) is 29.8 Å². The van der Waals surface area contributed by atoms with Crippen molar-refractivity contribution in [2.75, 3.05) is 7.11 Å². The van der Waals surface area contributed by atoms with E-state index in [4.69, 9.17) is 4.74 Å². The number of hydrogen-bond donors (Lipinski definition) is 1. The van der Waals surface area contributed by atoms with Crippen molar-refractivity contribution in [2.24, 2.45) is 0 Å².